The van der Waals surface area contributed by atoms with E-state index in [2.05, 4.69) is 17.3 Å². The fraction of sp³-hybridized carbons (Fsp3) is 0.533. The molecular weight excluding hydrogens is 240 g/mol. The molecule has 0 amide bonds. The largest absolute Gasteiger partial charge is 0.481 e. The van der Waals surface area contributed by atoms with E-state index in [1.807, 2.05) is 24.3 Å². The molecule has 0 aliphatic carbocycles. The van der Waals surface area contributed by atoms with Crippen molar-refractivity contribution in [3.8, 4) is 0 Å². The number of benzene rings is 1. The van der Waals surface area contributed by atoms with Gasteiger partial charge in [0.05, 0.1) is 6.42 Å². The second-order valence-corrected chi connectivity index (χ2v) is 5.28. The van der Waals surface area contributed by atoms with E-state index in [0.29, 0.717) is 6.04 Å². The van der Waals surface area contributed by atoms with Crippen LogP contribution in [-0.2, 0) is 17.8 Å². The number of nitrogens with zero attached hydrogens (tertiary/aromatic N) is 1. The van der Waals surface area contributed by atoms with Gasteiger partial charge < -0.3 is 10.4 Å². The summed E-state index contributed by atoms with van der Waals surface area (Å²) in [4.78, 5) is 13.0. The SMILES string of the molecule is CN(Cc1ccc(CC(=O)O)cc1)C1CCNCC1. The zero-order valence-electron chi connectivity index (χ0n) is 11.4. The van der Waals surface area contributed by atoms with Gasteiger partial charge >= 0.3 is 5.97 Å². The summed E-state index contributed by atoms with van der Waals surface area (Å²) in [6.07, 6.45) is 2.51. The number of hydrogen-bond acceptors (Lipinski definition) is 3. The molecule has 1 saturated heterocycles. The molecule has 1 aliphatic rings. The molecule has 1 aliphatic heterocycles. The number of aliphatic carboxylic acids is 1. The molecule has 4 heteroatoms. The maximum atomic E-state index is 10.6. The van der Waals surface area contributed by atoms with Crippen molar-refractivity contribution >= 4 is 5.97 Å². The second kappa shape index (κ2) is 6.68. The van der Waals surface area contributed by atoms with E-state index in [-0.39, 0.29) is 6.42 Å². The van der Waals surface area contributed by atoms with Gasteiger partial charge in [0.15, 0.2) is 0 Å². The number of rotatable bonds is 5. The van der Waals surface area contributed by atoms with Crippen LogP contribution in [0, 0.1) is 0 Å². The van der Waals surface area contributed by atoms with Crippen molar-refractivity contribution in [2.75, 3.05) is 20.1 Å². The smallest absolute Gasteiger partial charge is 0.307 e. The lowest BCUT2D eigenvalue weighted by Crippen LogP contribution is -2.40. The highest BCUT2D eigenvalue weighted by Crippen LogP contribution is 2.14. The van der Waals surface area contributed by atoms with Gasteiger partial charge in [0.2, 0.25) is 0 Å². The maximum absolute atomic E-state index is 10.6. The molecule has 1 aromatic carbocycles. The summed E-state index contributed by atoms with van der Waals surface area (Å²) in [6.45, 7) is 3.14. The van der Waals surface area contributed by atoms with Crippen molar-refractivity contribution in [1.29, 1.82) is 0 Å². The van der Waals surface area contributed by atoms with Gasteiger partial charge in [-0.15, -0.1) is 0 Å². The summed E-state index contributed by atoms with van der Waals surface area (Å²) >= 11 is 0. The molecule has 0 saturated carbocycles. The quantitative estimate of drug-likeness (QED) is 0.844. The Bertz CT molecular complexity index is 411. The van der Waals surface area contributed by atoms with Crippen LogP contribution in [0.1, 0.15) is 24.0 Å². The predicted molar refractivity (Wildman–Crippen MR) is 75.1 cm³/mol. The van der Waals surface area contributed by atoms with Crippen molar-refractivity contribution in [3.05, 3.63) is 35.4 Å². The molecule has 4 nitrogen and oxygen atoms in total. The Morgan fingerprint density at radius 3 is 2.42 bits per heavy atom. The zero-order valence-corrected chi connectivity index (χ0v) is 11.4. The van der Waals surface area contributed by atoms with Crippen LogP contribution in [0.4, 0.5) is 0 Å². The van der Waals surface area contributed by atoms with E-state index >= 15 is 0 Å². The van der Waals surface area contributed by atoms with E-state index in [4.69, 9.17) is 5.11 Å². The predicted octanol–water partition coefficient (Wildman–Crippen LogP) is 1.50. The van der Waals surface area contributed by atoms with E-state index < -0.39 is 5.97 Å². The molecule has 104 valence electrons. The first-order valence-electron chi connectivity index (χ1n) is 6.86. The molecule has 2 N–H and O–H groups in total. The minimum atomic E-state index is -0.778. The number of nitrogens with one attached hydrogen (secondary N) is 1. The number of carbonyl (C=O) groups is 1. The molecule has 0 radical (unpaired) electrons. The highest BCUT2D eigenvalue weighted by Gasteiger charge is 2.17. The van der Waals surface area contributed by atoms with Crippen molar-refractivity contribution in [1.82, 2.24) is 10.2 Å². The molecule has 1 fully saturated rings. The van der Waals surface area contributed by atoms with Gasteiger partial charge in [-0.2, -0.15) is 0 Å². The van der Waals surface area contributed by atoms with Crippen LogP contribution in [0.3, 0.4) is 0 Å². The molecule has 0 atom stereocenters. The number of piperidine rings is 1. The topological polar surface area (TPSA) is 52.6 Å². The molecule has 2 rings (SSSR count). The third-order valence-electron chi connectivity index (χ3n) is 3.74. The van der Waals surface area contributed by atoms with Crippen molar-refractivity contribution in [2.24, 2.45) is 0 Å². The van der Waals surface area contributed by atoms with Gasteiger partial charge in [0.25, 0.3) is 0 Å². The normalized spacial score (nSPS) is 16.7. The number of hydrogen-bond donors (Lipinski definition) is 2. The monoisotopic (exact) mass is 262 g/mol. The van der Waals surface area contributed by atoms with Gasteiger partial charge in [0.1, 0.15) is 0 Å². The Hall–Kier alpha value is -1.39. The molecular formula is C15H22N2O2. The Balaban J connectivity index is 1.89. The van der Waals surface area contributed by atoms with Crippen molar-refractivity contribution < 1.29 is 9.90 Å². The van der Waals surface area contributed by atoms with Crippen molar-refractivity contribution in [2.45, 2.75) is 31.8 Å². The second-order valence-electron chi connectivity index (χ2n) is 5.28. The molecule has 1 aromatic rings. The van der Waals surface area contributed by atoms with Crippen LogP contribution >= 0.6 is 0 Å². The van der Waals surface area contributed by atoms with Crippen LogP contribution in [0.2, 0.25) is 0 Å². The first kappa shape index (κ1) is 14.0. The average Bonchev–Trinajstić information content (AvgIpc) is 2.41. The highest BCUT2D eigenvalue weighted by molar-refractivity contribution is 5.70. The Labute approximate surface area is 114 Å². The maximum Gasteiger partial charge on any atom is 0.307 e. The zero-order chi connectivity index (χ0) is 13.7. The molecule has 1 heterocycles. The van der Waals surface area contributed by atoms with Crippen molar-refractivity contribution in [3.63, 3.8) is 0 Å². The number of carboxylic acids is 1. The van der Waals surface area contributed by atoms with Crippen LogP contribution < -0.4 is 5.32 Å². The number of carboxylic acid groups (broad SMARTS) is 1. The van der Waals surface area contributed by atoms with E-state index in [0.717, 1.165) is 25.2 Å². The Morgan fingerprint density at radius 1 is 1.26 bits per heavy atom. The molecule has 0 unspecified atom stereocenters. The summed E-state index contributed by atoms with van der Waals surface area (Å²) in [5.41, 5.74) is 2.11. The van der Waals surface area contributed by atoms with Crippen LogP contribution in [0.15, 0.2) is 24.3 Å². The molecule has 0 spiro atoms. The minimum Gasteiger partial charge on any atom is -0.481 e. The Kier molecular flexibility index (Phi) is 4.93. The first-order valence-corrected chi connectivity index (χ1v) is 6.86. The minimum absolute atomic E-state index is 0.102. The molecule has 19 heavy (non-hydrogen) atoms. The van der Waals surface area contributed by atoms with Gasteiger partial charge in [-0.25, -0.2) is 0 Å². The van der Waals surface area contributed by atoms with Gasteiger partial charge in [-0.3, -0.25) is 9.69 Å². The summed E-state index contributed by atoms with van der Waals surface area (Å²) in [6, 6.07) is 8.56. The lowest BCUT2D eigenvalue weighted by atomic mass is 10.0. The fourth-order valence-corrected chi connectivity index (χ4v) is 2.60. The fourth-order valence-electron chi connectivity index (χ4n) is 2.60. The van der Waals surface area contributed by atoms with Crippen LogP contribution in [0.25, 0.3) is 0 Å². The molecule has 0 aromatic heterocycles. The summed E-state index contributed by atoms with van der Waals surface area (Å²) in [7, 11) is 2.17. The van der Waals surface area contributed by atoms with Crippen LogP contribution in [0.5, 0.6) is 0 Å². The van der Waals surface area contributed by atoms with E-state index in [1.54, 1.807) is 0 Å². The van der Waals surface area contributed by atoms with Gasteiger partial charge in [0, 0.05) is 12.6 Å². The standard InChI is InChI=1S/C15H22N2O2/c1-17(14-6-8-16-9-7-14)11-13-4-2-12(3-5-13)10-15(18)19/h2-5,14,16H,6-11H2,1H3,(H,18,19). The highest BCUT2D eigenvalue weighted by atomic mass is 16.4. The lowest BCUT2D eigenvalue weighted by Gasteiger charge is -2.31. The lowest BCUT2D eigenvalue weighted by molar-refractivity contribution is -0.136. The third kappa shape index (κ3) is 4.33. The molecule has 0 bridgehead atoms. The van der Waals surface area contributed by atoms with Gasteiger partial charge in [-0.1, -0.05) is 24.3 Å². The summed E-state index contributed by atoms with van der Waals surface area (Å²) in [5, 5.41) is 12.1. The van der Waals surface area contributed by atoms with E-state index in [9.17, 15) is 4.79 Å². The first-order chi connectivity index (χ1) is 9.15. The van der Waals surface area contributed by atoms with Gasteiger partial charge in [-0.05, 0) is 44.1 Å². The summed E-state index contributed by atoms with van der Waals surface area (Å²) < 4.78 is 0. The average molecular weight is 262 g/mol. The van der Waals surface area contributed by atoms with E-state index in [1.165, 1.54) is 18.4 Å². The third-order valence-corrected chi connectivity index (χ3v) is 3.74. The summed E-state index contributed by atoms with van der Waals surface area (Å²) in [5.74, 6) is -0.778. The Morgan fingerprint density at radius 2 is 1.84 bits per heavy atom. The van der Waals surface area contributed by atoms with Crippen LogP contribution in [-0.4, -0.2) is 42.2 Å².